The monoisotopic (exact) mass is 272 g/mol. The number of nitrogens with two attached hydrogens (primary N) is 1. The van der Waals surface area contributed by atoms with Gasteiger partial charge in [0, 0.05) is 25.7 Å². The fraction of sp³-hybridized carbons (Fsp3) is 0.667. The maximum absolute atomic E-state index is 6.17. The Hall–Kier alpha value is -0.860. The standard InChI is InChI=1S/C18H28N2/c1-12-7-13(2)18(14(3)8-12)17(9-19)20-10-15-5-4-6-16(15)11-20/h7-8,15-17H,4-6,9-11,19H2,1-3H3. The van der Waals surface area contributed by atoms with Crippen LogP contribution in [0.1, 0.15) is 47.6 Å². The van der Waals surface area contributed by atoms with Crippen molar-refractivity contribution in [2.24, 2.45) is 17.6 Å². The van der Waals surface area contributed by atoms with Gasteiger partial charge in [0.05, 0.1) is 0 Å². The third-order valence-electron chi connectivity index (χ3n) is 5.49. The molecule has 0 aromatic heterocycles. The van der Waals surface area contributed by atoms with Crippen LogP contribution in [0.5, 0.6) is 0 Å². The third kappa shape index (κ3) is 2.40. The Bertz CT molecular complexity index is 459. The summed E-state index contributed by atoms with van der Waals surface area (Å²) in [5, 5.41) is 0. The molecule has 0 amide bonds. The lowest BCUT2D eigenvalue weighted by Crippen LogP contribution is -2.33. The number of nitrogens with zero attached hydrogens (tertiary/aromatic N) is 1. The highest BCUT2D eigenvalue weighted by atomic mass is 15.2. The zero-order valence-corrected chi connectivity index (χ0v) is 13.2. The maximum Gasteiger partial charge on any atom is 0.0475 e. The summed E-state index contributed by atoms with van der Waals surface area (Å²) >= 11 is 0. The first kappa shape index (κ1) is 14.1. The molecule has 1 aliphatic heterocycles. The lowest BCUT2D eigenvalue weighted by molar-refractivity contribution is 0.230. The molecule has 2 fully saturated rings. The van der Waals surface area contributed by atoms with E-state index in [2.05, 4.69) is 37.8 Å². The highest BCUT2D eigenvalue weighted by molar-refractivity contribution is 5.40. The van der Waals surface area contributed by atoms with Crippen molar-refractivity contribution in [3.63, 3.8) is 0 Å². The van der Waals surface area contributed by atoms with Gasteiger partial charge >= 0.3 is 0 Å². The van der Waals surface area contributed by atoms with Crippen molar-refractivity contribution in [2.45, 2.75) is 46.1 Å². The van der Waals surface area contributed by atoms with Crippen LogP contribution in [-0.4, -0.2) is 24.5 Å². The normalized spacial score (nSPS) is 27.8. The van der Waals surface area contributed by atoms with Crippen LogP contribution < -0.4 is 5.73 Å². The van der Waals surface area contributed by atoms with Gasteiger partial charge in [0.15, 0.2) is 0 Å². The lowest BCUT2D eigenvalue weighted by atomic mass is 9.93. The summed E-state index contributed by atoms with van der Waals surface area (Å²) in [6, 6.07) is 5.03. The van der Waals surface area contributed by atoms with Gasteiger partial charge in [-0.1, -0.05) is 24.1 Å². The van der Waals surface area contributed by atoms with E-state index in [1.165, 1.54) is 54.6 Å². The largest absolute Gasteiger partial charge is 0.329 e. The Kier molecular flexibility index (Phi) is 3.87. The van der Waals surface area contributed by atoms with Crippen molar-refractivity contribution < 1.29 is 0 Å². The topological polar surface area (TPSA) is 29.3 Å². The molecule has 0 radical (unpaired) electrons. The van der Waals surface area contributed by atoms with Crippen LogP contribution in [0.2, 0.25) is 0 Å². The van der Waals surface area contributed by atoms with Gasteiger partial charge in [-0.05, 0) is 62.1 Å². The summed E-state index contributed by atoms with van der Waals surface area (Å²) in [5.41, 5.74) is 11.8. The van der Waals surface area contributed by atoms with Crippen LogP contribution in [0.25, 0.3) is 0 Å². The Morgan fingerprint density at radius 2 is 1.65 bits per heavy atom. The fourth-order valence-corrected chi connectivity index (χ4v) is 4.69. The van der Waals surface area contributed by atoms with Crippen molar-refractivity contribution >= 4 is 0 Å². The van der Waals surface area contributed by atoms with E-state index in [1.807, 2.05) is 0 Å². The number of rotatable bonds is 3. The molecule has 1 aliphatic carbocycles. The number of fused-ring (bicyclic) bond motifs is 1. The van der Waals surface area contributed by atoms with E-state index < -0.39 is 0 Å². The number of aryl methyl sites for hydroxylation is 3. The van der Waals surface area contributed by atoms with E-state index in [1.54, 1.807) is 0 Å². The van der Waals surface area contributed by atoms with Crippen LogP contribution in [0.4, 0.5) is 0 Å². The smallest absolute Gasteiger partial charge is 0.0475 e. The van der Waals surface area contributed by atoms with Gasteiger partial charge in [-0.2, -0.15) is 0 Å². The van der Waals surface area contributed by atoms with Crippen LogP contribution in [0, 0.1) is 32.6 Å². The lowest BCUT2D eigenvalue weighted by Gasteiger charge is -2.30. The number of likely N-dealkylation sites (tertiary alicyclic amines) is 1. The summed E-state index contributed by atoms with van der Waals surface area (Å²) in [5.74, 6) is 1.88. The van der Waals surface area contributed by atoms with Gasteiger partial charge in [-0.15, -0.1) is 0 Å². The molecule has 2 N–H and O–H groups in total. The highest BCUT2D eigenvalue weighted by Crippen LogP contribution is 2.41. The van der Waals surface area contributed by atoms with E-state index in [0.29, 0.717) is 6.04 Å². The zero-order valence-electron chi connectivity index (χ0n) is 13.2. The minimum Gasteiger partial charge on any atom is -0.329 e. The first-order valence-electron chi connectivity index (χ1n) is 8.12. The predicted octanol–water partition coefficient (Wildman–Crippen LogP) is 3.34. The van der Waals surface area contributed by atoms with Gasteiger partial charge in [0.2, 0.25) is 0 Å². The Morgan fingerprint density at radius 1 is 1.10 bits per heavy atom. The molecular weight excluding hydrogens is 244 g/mol. The summed E-state index contributed by atoms with van der Waals surface area (Å²) in [4.78, 5) is 2.67. The highest BCUT2D eigenvalue weighted by Gasteiger charge is 2.39. The quantitative estimate of drug-likeness (QED) is 0.914. The second kappa shape index (κ2) is 5.50. The molecule has 2 nitrogen and oxygen atoms in total. The van der Waals surface area contributed by atoms with Crippen molar-refractivity contribution in [1.82, 2.24) is 4.90 Å². The molecular formula is C18H28N2. The zero-order chi connectivity index (χ0) is 14.3. The molecule has 20 heavy (non-hydrogen) atoms. The first-order chi connectivity index (χ1) is 9.60. The molecule has 1 aromatic carbocycles. The van der Waals surface area contributed by atoms with Crippen molar-refractivity contribution in [2.75, 3.05) is 19.6 Å². The van der Waals surface area contributed by atoms with Crippen LogP contribution in [-0.2, 0) is 0 Å². The second-order valence-electron chi connectivity index (χ2n) is 6.97. The van der Waals surface area contributed by atoms with Gasteiger partial charge in [0.1, 0.15) is 0 Å². The van der Waals surface area contributed by atoms with Crippen LogP contribution in [0.3, 0.4) is 0 Å². The van der Waals surface area contributed by atoms with Crippen LogP contribution >= 0.6 is 0 Å². The number of hydrogen-bond donors (Lipinski definition) is 1. The summed E-state index contributed by atoms with van der Waals surface area (Å²) in [7, 11) is 0. The van der Waals surface area contributed by atoms with Crippen molar-refractivity contribution in [1.29, 1.82) is 0 Å². The second-order valence-corrected chi connectivity index (χ2v) is 6.97. The average Bonchev–Trinajstić information content (AvgIpc) is 2.93. The molecule has 3 rings (SSSR count). The molecule has 1 aromatic rings. The molecule has 2 heteroatoms. The van der Waals surface area contributed by atoms with E-state index in [9.17, 15) is 0 Å². The van der Waals surface area contributed by atoms with Crippen LogP contribution in [0.15, 0.2) is 12.1 Å². The summed E-state index contributed by atoms with van der Waals surface area (Å²) in [6.45, 7) is 9.94. The van der Waals surface area contributed by atoms with Gasteiger partial charge in [-0.25, -0.2) is 0 Å². The van der Waals surface area contributed by atoms with Gasteiger partial charge in [0.25, 0.3) is 0 Å². The minimum atomic E-state index is 0.418. The van der Waals surface area contributed by atoms with E-state index in [0.717, 1.165) is 18.4 Å². The maximum atomic E-state index is 6.17. The molecule has 110 valence electrons. The van der Waals surface area contributed by atoms with Gasteiger partial charge < -0.3 is 5.73 Å². The Morgan fingerprint density at radius 3 is 2.15 bits per heavy atom. The van der Waals surface area contributed by atoms with E-state index in [-0.39, 0.29) is 0 Å². The minimum absolute atomic E-state index is 0.418. The van der Waals surface area contributed by atoms with Crippen molar-refractivity contribution in [3.05, 3.63) is 34.4 Å². The Labute approximate surface area is 123 Å². The predicted molar refractivity (Wildman–Crippen MR) is 84.9 cm³/mol. The van der Waals surface area contributed by atoms with Crippen molar-refractivity contribution in [3.8, 4) is 0 Å². The molecule has 3 unspecified atom stereocenters. The SMILES string of the molecule is Cc1cc(C)c(C(CN)N2CC3CCCC3C2)c(C)c1. The average molecular weight is 272 g/mol. The first-order valence-corrected chi connectivity index (χ1v) is 8.12. The molecule has 0 spiro atoms. The number of benzene rings is 1. The van der Waals surface area contributed by atoms with E-state index >= 15 is 0 Å². The molecule has 3 atom stereocenters. The third-order valence-corrected chi connectivity index (χ3v) is 5.49. The Balaban J connectivity index is 1.87. The molecule has 1 heterocycles. The van der Waals surface area contributed by atoms with Gasteiger partial charge in [-0.3, -0.25) is 4.90 Å². The van der Waals surface area contributed by atoms with E-state index in [4.69, 9.17) is 5.73 Å². The molecule has 1 saturated heterocycles. The molecule has 2 aliphatic rings. The number of hydrogen-bond acceptors (Lipinski definition) is 2. The fourth-order valence-electron chi connectivity index (χ4n) is 4.69. The molecule has 1 saturated carbocycles. The molecule has 0 bridgehead atoms. The summed E-state index contributed by atoms with van der Waals surface area (Å²) < 4.78 is 0. The summed E-state index contributed by atoms with van der Waals surface area (Å²) in [6.07, 6.45) is 4.31.